The highest BCUT2D eigenvalue weighted by Crippen LogP contribution is 2.36. The van der Waals surface area contributed by atoms with Crippen molar-refractivity contribution in [2.45, 2.75) is 25.4 Å². The van der Waals surface area contributed by atoms with Crippen LogP contribution in [-0.2, 0) is 26.3 Å². The van der Waals surface area contributed by atoms with E-state index in [1.54, 1.807) is 0 Å². The van der Waals surface area contributed by atoms with Crippen molar-refractivity contribution in [3.05, 3.63) is 90.1 Å². The van der Waals surface area contributed by atoms with E-state index >= 15 is 0 Å². The van der Waals surface area contributed by atoms with Gasteiger partial charge in [-0.25, -0.2) is 14.4 Å². The molecule has 4 rings (SSSR count). The van der Waals surface area contributed by atoms with Crippen molar-refractivity contribution >= 4 is 28.8 Å². The molecule has 0 aliphatic rings. The van der Waals surface area contributed by atoms with Crippen LogP contribution in [0.3, 0.4) is 0 Å². The van der Waals surface area contributed by atoms with E-state index in [2.05, 4.69) is 4.74 Å². The van der Waals surface area contributed by atoms with Crippen LogP contribution in [-0.4, -0.2) is 35.7 Å². The molecule has 1 N–H and O–H groups in total. The Hall–Kier alpha value is -4.47. The number of fused-ring (bicyclic) bond motifs is 1. The van der Waals surface area contributed by atoms with Crippen molar-refractivity contribution < 1.29 is 41.0 Å². The minimum absolute atomic E-state index is 0.0529. The number of aryl methyl sites for hydroxylation is 1. The Balaban J connectivity index is 1.96. The van der Waals surface area contributed by atoms with E-state index in [0.717, 1.165) is 22.8 Å². The van der Waals surface area contributed by atoms with Gasteiger partial charge in [0.2, 0.25) is 5.75 Å². The Morgan fingerprint density at radius 1 is 0.975 bits per heavy atom. The predicted molar refractivity (Wildman–Crippen MR) is 127 cm³/mol. The number of carbonyl (C=O) groups is 1. The standard InChI is InChI=1S/C23H15ClF6N4O6/c1-31-14-6-5-12(7-15(14)34(19(31)36)10-22(25,26)27)32-9-16(40-21(38)39)18(35)33(20(32)37)8-11-3-2-4-13(17(11)24)23(28,29)30/h2-7,9H,8,10H2,1H3,(H,38,39). The fraction of sp³-hybridized carbons (Fsp3) is 0.217. The summed E-state index contributed by atoms with van der Waals surface area (Å²) in [6.45, 7) is -2.52. The number of alkyl halides is 6. The molecule has 2 aromatic heterocycles. The first-order chi connectivity index (χ1) is 18.5. The average Bonchev–Trinajstić information content (AvgIpc) is 3.06. The zero-order valence-corrected chi connectivity index (χ0v) is 20.6. The average molecular weight is 593 g/mol. The van der Waals surface area contributed by atoms with Gasteiger partial charge in [-0.2, -0.15) is 26.3 Å². The van der Waals surface area contributed by atoms with Crippen molar-refractivity contribution in [1.29, 1.82) is 0 Å². The number of benzene rings is 2. The molecule has 0 fully saturated rings. The number of halogens is 7. The van der Waals surface area contributed by atoms with Gasteiger partial charge in [0, 0.05) is 7.05 Å². The van der Waals surface area contributed by atoms with Crippen LogP contribution in [0.4, 0.5) is 31.1 Å². The Morgan fingerprint density at radius 3 is 2.25 bits per heavy atom. The molecule has 40 heavy (non-hydrogen) atoms. The van der Waals surface area contributed by atoms with E-state index in [0.29, 0.717) is 26.0 Å². The van der Waals surface area contributed by atoms with Gasteiger partial charge in [-0.15, -0.1) is 0 Å². The van der Waals surface area contributed by atoms with E-state index in [-0.39, 0.29) is 22.3 Å². The Morgan fingerprint density at radius 2 is 1.65 bits per heavy atom. The van der Waals surface area contributed by atoms with Gasteiger partial charge < -0.3 is 9.84 Å². The number of aromatic nitrogens is 4. The molecule has 2 heterocycles. The van der Waals surface area contributed by atoms with Crippen LogP contribution in [0.25, 0.3) is 16.7 Å². The lowest BCUT2D eigenvalue weighted by Gasteiger charge is -2.15. The summed E-state index contributed by atoms with van der Waals surface area (Å²) >= 11 is 5.89. The fourth-order valence-corrected chi connectivity index (χ4v) is 4.33. The molecule has 0 saturated carbocycles. The van der Waals surface area contributed by atoms with Gasteiger partial charge in [0.05, 0.1) is 40.0 Å². The van der Waals surface area contributed by atoms with Gasteiger partial charge in [0.25, 0.3) is 5.56 Å². The van der Waals surface area contributed by atoms with Crippen molar-refractivity contribution in [3.63, 3.8) is 0 Å². The summed E-state index contributed by atoms with van der Waals surface area (Å²) in [6, 6.07) is 6.17. The molecule has 17 heteroatoms. The summed E-state index contributed by atoms with van der Waals surface area (Å²) in [6.07, 6.45) is -11.0. The highest BCUT2D eigenvalue weighted by molar-refractivity contribution is 6.32. The molecule has 0 bridgehead atoms. The van der Waals surface area contributed by atoms with Gasteiger partial charge in [0.1, 0.15) is 6.54 Å². The molecule has 0 aliphatic heterocycles. The van der Waals surface area contributed by atoms with E-state index < -0.39 is 64.9 Å². The third kappa shape index (κ3) is 5.34. The molecule has 212 valence electrons. The molecule has 4 aromatic rings. The lowest BCUT2D eigenvalue weighted by Crippen LogP contribution is -2.40. The van der Waals surface area contributed by atoms with E-state index in [9.17, 15) is 45.5 Å². The number of hydrogen-bond donors (Lipinski definition) is 1. The third-order valence-corrected chi connectivity index (χ3v) is 6.24. The maximum absolute atomic E-state index is 13.4. The normalized spacial score (nSPS) is 12.2. The molecule has 0 radical (unpaired) electrons. The molecule has 0 atom stereocenters. The van der Waals surface area contributed by atoms with Gasteiger partial charge in [-0.3, -0.25) is 23.1 Å². The number of carboxylic acid groups (broad SMARTS) is 1. The number of hydrogen-bond acceptors (Lipinski definition) is 5. The number of ether oxygens (including phenoxy) is 1. The first-order valence-corrected chi connectivity index (χ1v) is 11.3. The summed E-state index contributed by atoms with van der Waals surface area (Å²) in [4.78, 5) is 49.8. The van der Waals surface area contributed by atoms with E-state index in [1.807, 2.05) is 0 Å². The predicted octanol–water partition coefficient (Wildman–Crippen LogP) is 3.99. The number of imidazole rings is 1. The SMILES string of the molecule is Cn1c(=O)n(CC(F)(F)F)c2cc(-n3cc(OC(=O)O)c(=O)n(Cc4cccc(C(F)(F)F)c4Cl)c3=O)ccc21. The van der Waals surface area contributed by atoms with E-state index in [1.165, 1.54) is 19.2 Å². The lowest BCUT2D eigenvalue weighted by atomic mass is 10.1. The monoisotopic (exact) mass is 592 g/mol. The molecule has 0 aliphatic carbocycles. The molecule has 0 spiro atoms. The maximum Gasteiger partial charge on any atom is 0.511 e. The second-order valence-electron chi connectivity index (χ2n) is 8.40. The quantitative estimate of drug-likeness (QED) is 0.277. The summed E-state index contributed by atoms with van der Waals surface area (Å²) in [7, 11) is 1.22. The van der Waals surface area contributed by atoms with E-state index in [4.69, 9.17) is 16.7 Å². The first-order valence-electron chi connectivity index (χ1n) is 10.9. The summed E-state index contributed by atoms with van der Waals surface area (Å²) in [5.41, 5.74) is -5.59. The molecule has 0 unspecified atom stereocenters. The van der Waals surface area contributed by atoms with Crippen LogP contribution < -0.4 is 21.7 Å². The third-order valence-electron chi connectivity index (χ3n) is 5.79. The van der Waals surface area contributed by atoms with Gasteiger partial charge in [-0.05, 0) is 29.8 Å². The molecule has 0 amide bonds. The van der Waals surface area contributed by atoms with Crippen LogP contribution >= 0.6 is 11.6 Å². The highest BCUT2D eigenvalue weighted by Gasteiger charge is 2.34. The second-order valence-corrected chi connectivity index (χ2v) is 8.78. The minimum atomic E-state index is -4.87. The summed E-state index contributed by atoms with van der Waals surface area (Å²) in [5, 5.41) is 8.22. The minimum Gasteiger partial charge on any atom is -0.449 e. The van der Waals surface area contributed by atoms with Crippen LogP contribution in [0.2, 0.25) is 5.02 Å². The van der Waals surface area contributed by atoms with Crippen molar-refractivity contribution in [1.82, 2.24) is 18.3 Å². The zero-order valence-electron chi connectivity index (χ0n) is 19.9. The first kappa shape index (κ1) is 28.5. The van der Waals surface area contributed by atoms with Gasteiger partial charge in [0.15, 0.2) is 0 Å². The largest absolute Gasteiger partial charge is 0.511 e. The molecule has 2 aromatic carbocycles. The Kier molecular flexibility index (Phi) is 7.08. The highest BCUT2D eigenvalue weighted by atomic mass is 35.5. The molecular weight excluding hydrogens is 578 g/mol. The van der Waals surface area contributed by atoms with Crippen LogP contribution in [0, 0.1) is 0 Å². The maximum atomic E-state index is 13.4. The smallest absolute Gasteiger partial charge is 0.449 e. The second kappa shape index (κ2) is 9.93. The lowest BCUT2D eigenvalue weighted by molar-refractivity contribution is -0.140. The van der Waals surface area contributed by atoms with Gasteiger partial charge >= 0.3 is 29.9 Å². The number of nitrogens with zero attached hydrogens (tertiary/aromatic N) is 4. The molecular formula is C23H15ClF6N4O6. The van der Waals surface area contributed by atoms with Crippen molar-refractivity contribution in [2.24, 2.45) is 7.05 Å². The molecule has 0 saturated heterocycles. The summed E-state index contributed by atoms with van der Waals surface area (Å²) in [5.74, 6) is -0.948. The van der Waals surface area contributed by atoms with Crippen LogP contribution in [0.1, 0.15) is 11.1 Å². The fourth-order valence-electron chi connectivity index (χ4n) is 4.04. The Labute approximate surface area is 222 Å². The topological polar surface area (TPSA) is 117 Å². The number of rotatable bonds is 5. The van der Waals surface area contributed by atoms with Crippen LogP contribution in [0.5, 0.6) is 5.75 Å². The zero-order chi connectivity index (χ0) is 29.7. The summed E-state index contributed by atoms with van der Waals surface area (Å²) < 4.78 is 86.1. The van der Waals surface area contributed by atoms with Gasteiger partial charge in [-0.1, -0.05) is 23.7 Å². The van der Waals surface area contributed by atoms with Crippen LogP contribution in [0.15, 0.2) is 57.0 Å². The van der Waals surface area contributed by atoms with Crippen molar-refractivity contribution in [3.8, 4) is 11.4 Å². The Bertz CT molecular complexity index is 1830. The van der Waals surface area contributed by atoms with Crippen molar-refractivity contribution in [2.75, 3.05) is 0 Å². The molecule has 10 nitrogen and oxygen atoms in total.